The van der Waals surface area contributed by atoms with Crippen molar-refractivity contribution in [2.75, 3.05) is 0 Å². The van der Waals surface area contributed by atoms with E-state index in [0.717, 1.165) is 5.56 Å². The molecule has 0 atom stereocenters. The second-order valence-electron chi connectivity index (χ2n) is 6.33. The Labute approximate surface area is 171 Å². The maximum Gasteiger partial charge on any atom is 0.361 e. The van der Waals surface area contributed by atoms with Crippen LogP contribution in [0.1, 0.15) is 17.1 Å². The Hall–Kier alpha value is -3.10. The Balaban J connectivity index is 1.82. The zero-order valence-corrected chi connectivity index (χ0v) is 16.7. The number of rotatable bonds is 6. The predicted octanol–water partition coefficient (Wildman–Crippen LogP) is 3.17. The molecule has 0 saturated carbocycles. The van der Waals surface area contributed by atoms with E-state index in [0.29, 0.717) is 27.1 Å². The molecule has 29 heavy (non-hydrogen) atoms. The molecule has 0 aliphatic carbocycles. The molecule has 9 heteroatoms. The van der Waals surface area contributed by atoms with E-state index < -0.39 is 15.7 Å². The lowest BCUT2D eigenvalue weighted by Crippen LogP contribution is -2.30. The fraction of sp³-hybridized carbons (Fsp3) is 0.100. The highest BCUT2D eigenvalue weighted by Crippen LogP contribution is 2.17. The van der Waals surface area contributed by atoms with Gasteiger partial charge in [0.15, 0.2) is 0 Å². The van der Waals surface area contributed by atoms with Crippen LogP contribution in [-0.4, -0.2) is 22.2 Å². The fourth-order valence-electron chi connectivity index (χ4n) is 2.90. The molecule has 0 aliphatic rings. The first-order chi connectivity index (χ1) is 13.9. The van der Waals surface area contributed by atoms with Gasteiger partial charge in [-0.05, 0) is 42.0 Å². The molecule has 0 fully saturated rings. The van der Waals surface area contributed by atoms with Crippen LogP contribution in [0.25, 0.3) is 0 Å². The van der Waals surface area contributed by atoms with Gasteiger partial charge in [0.05, 0.1) is 17.7 Å². The van der Waals surface area contributed by atoms with Crippen LogP contribution in [0.15, 0.2) is 87.1 Å². The number of hydrogen-bond donors (Lipinski definition) is 0. The summed E-state index contributed by atoms with van der Waals surface area (Å²) in [5.74, 6) is 0.833. The van der Waals surface area contributed by atoms with E-state index in [1.165, 1.54) is 35.1 Å². The topological polar surface area (TPSA) is 87.1 Å². The van der Waals surface area contributed by atoms with E-state index in [9.17, 15) is 13.2 Å². The number of hydrogen-bond acceptors (Lipinski definition) is 5. The summed E-state index contributed by atoms with van der Waals surface area (Å²) in [7, 11) is -4.18. The van der Waals surface area contributed by atoms with E-state index in [4.69, 9.17) is 16.0 Å². The van der Waals surface area contributed by atoms with Crippen LogP contribution in [-0.2, 0) is 23.0 Å². The Kier molecular flexibility index (Phi) is 5.12. The van der Waals surface area contributed by atoms with Crippen molar-refractivity contribution in [2.45, 2.75) is 17.9 Å². The molecule has 7 nitrogen and oxygen atoms in total. The second-order valence-corrected chi connectivity index (χ2v) is 8.53. The largest absolute Gasteiger partial charge is 0.467 e. The van der Waals surface area contributed by atoms with Gasteiger partial charge in [0, 0.05) is 11.4 Å². The maximum absolute atomic E-state index is 13.0. The van der Waals surface area contributed by atoms with E-state index in [1.807, 2.05) is 30.3 Å². The Morgan fingerprint density at radius 2 is 1.69 bits per heavy atom. The zero-order chi connectivity index (χ0) is 20.4. The van der Waals surface area contributed by atoms with Crippen LogP contribution >= 0.6 is 11.6 Å². The average molecular weight is 430 g/mol. The van der Waals surface area contributed by atoms with E-state index in [2.05, 4.69) is 5.10 Å². The lowest BCUT2D eigenvalue weighted by Gasteiger charge is -2.03. The minimum atomic E-state index is -4.18. The molecule has 4 aromatic rings. The van der Waals surface area contributed by atoms with Gasteiger partial charge < -0.3 is 4.42 Å². The molecule has 4 rings (SSSR count). The van der Waals surface area contributed by atoms with E-state index in [-0.39, 0.29) is 11.4 Å². The monoisotopic (exact) mass is 429 g/mol. The Morgan fingerprint density at radius 3 is 2.34 bits per heavy atom. The molecule has 2 heterocycles. The average Bonchev–Trinajstić information content (AvgIpc) is 3.33. The minimum absolute atomic E-state index is 0.0714. The normalized spacial score (nSPS) is 11.6. The van der Waals surface area contributed by atoms with Crippen molar-refractivity contribution in [3.8, 4) is 0 Å². The van der Waals surface area contributed by atoms with Crippen molar-refractivity contribution in [1.82, 2.24) is 13.8 Å². The van der Waals surface area contributed by atoms with Crippen molar-refractivity contribution in [2.24, 2.45) is 0 Å². The number of aromatic nitrogens is 3. The van der Waals surface area contributed by atoms with E-state index in [1.54, 1.807) is 12.1 Å². The first-order valence-corrected chi connectivity index (χ1v) is 10.5. The summed E-state index contributed by atoms with van der Waals surface area (Å²) in [6.45, 7) is 0.0735. The molecule has 0 bridgehead atoms. The van der Waals surface area contributed by atoms with E-state index >= 15 is 0 Å². The molecule has 0 N–H and O–H groups in total. The van der Waals surface area contributed by atoms with Crippen LogP contribution in [0.4, 0.5) is 0 Å². The van der Waals surface area contributed by atoms with Gasteiger partial charge in [-0.15, -0.1) is 5.10 Å². The van der Waals surface area contributed by atoms with Crippen LogP contribution in [0.2, 0.25) is 5.02 Å². The molecule has 0 amide bonds. The number of nitrogens with zero attached hydrogens (tertiary/aromatic N) is 3. The van der Waals surface area contributed by atoms with Crippen molar-refractivity contribution in [3.63, 3.8) is 0 Å². The van der Waals surface area contributed by atoms with Crippen LogP contribution in [0, 0.1) is 0 Å². The third kappa shape index (κ3) is 3.90. The minimum Gasteiger partial charge on any atom is -0.467 e. The molecule has 0 unspecified atom stereocenters. The number of furan rings is 1. The summed E-state index contributed by atoms with van der Waals surface area (Å²) in [5, 5.41) is 4.55. The highest BCUT2D eigenvalue weighted by atomic mass is 35.5. The number of halogens is 1. The zero-order valence-electron chi connectivity index (χ0n) is 15.1. The molecule has 148 valence electrons. The van der Waals surface area contributed by atoms with Gasteiger partial charge in [-0.3, -0.25) is 4.57 Å². The van der Waals surface area contributed by atoms with Gasteiger partial charge in [0.2, 0.25) is 0 Å². The highest BCUT2D eigenvalue weighted by Gasteiger charge is 2.25. The quantitative estimate of drug-likeness (QED) is 0.470. The molecular weight excluding hydrogens is 414 g/mol. The standard InChI is InChI=1S/C20H16ClN3O4S/c21-16-8-10-18(11-9-16)29(26,27)24-20(25)23(14-17-7-4-12-28-17)19(22-24)13-15-5-2-1-3-6-15/h1-12H,13-14H2. The summed E-state index contributed by atoms with van der Waals surface area (Å²) in [6, 6.07) is 18.4. The van der Waals surface area contributed by atoms with Crippen LogP contribution in [0.5, 0.6) is 0 Å². The van der Waals surface area contributed by atoms with Crippen molar-refractivity contribution in [3.05, 3.63) is 106 Å². The molecular formula is C20H16ClN3O4S. The maximum atomic E-state index is 13.0. The number of benzene rings is 2. The predicted molar refractivity (Wildman–Crippen MR) is 108 cm³/mol. The molecule has 0 aliphatic heterocycles. The van der Waals surface area contributed by atoms with Crippen molar-refractivity contribution < 1.29 is 12.8 Å². The van der Waals surface area contributed by atoms with Crippen molar-refractivity contribution >= 4 is 21.6 Å². The van der Waals surface area contributed by atoms with Gasteiger partial charge in [-0.2, -0.15) is 8.42 Å². The smallest absolute Gasteiger partial charge is 0.361 e. The fourth-order valence-corrected chi connectivity index (χ4v) is 4.22. The molecule has 0 radical (unpaired) electrons. The second kappa shape index (κ2) is 7.73. The summed E-state index contributed by atoms with van der Waals surface area (Å²) in [5.41, 5.74) is 0.136. The summed E-state index contributed by atoms with van der Waals surface area (Å²) >= 11 is 5.84. The van der Waals surface area contributed by atoms with Crippen LogP contribution in [0.3, 0.4) is 0 Å². The third-order valence-corrected chi connectivity index (χ3v) is 6.16. The lowest BCUT2D eigenvalue weighted by atomic mass is 10.1. The van der Waals surface area contributed by atoms with Gasteiger partial charge in [0.25, 0.3) is 10.0 Å². The lowest BCUT2D eigenvalue weighted by molar-refractivity contribution is 0.485. The van der Waals surface area contributed by atoms with Gasteiger partial charge >= 0.3 is 5.69 Å². The first-order valence-electron chi connectivity index (χ1n) is 8.71. The molecule has 0 spiro atoms. The molecule has 2 aromatic carbocycles. The SMILES string of the molecule is O=c1n(S(=O)(=O)c2ccc(Cl)cc2)nc(Cc2ccccc2)n1Cc1ccco1. The van der Waals surface area contributed by atoms with Gasteiger partial charge in [0.1, 0.15) is 11.6 Å². The Bertz CT molecular complexity index is 1280. The highest BCUT2D eigenvalue weighted by molar-refractivity contribution is 7.89. The summed E-state index contributed by atoms with van der Waals surface area (Å²) < 4.78 is 33.2. The molecule has 0 saturated heterocycles. The van der Waals surface area contributed by atoms with Crippen molar-refractivity contribution in [1.29, 1.82) is 0 Å². The van der Waals surface area contributed by atoms with Crippen LogP contribution < -0.4 is 5.69 Å². The third-order valence-electron chi connectivity index (χ3n) is 4.35. The van der Waals surface area contributed by atoms with Gasteiger partial charge in [-0.25, -0.2) is 4.79 Å². The van der Waals surface area contributed by atoms with Gasteiger partial charge in [-0.1, -0.05) is 46.0 Å². The Morgan fingerprint density at radius 1 is 0.966 bits per heavy atom. The summed E-state index contributed by atoms with van der Waals surface area (Å²) in [6.07, 6.45) is 1.78. The first kappa shape index (κ1) is 19.2. The molecule has 2 aromatic heterocycles. The summed E-state index contributed by atoms with van der Waals surface area (Å²) in [4.78, 5) is 12.9.